The highest BCUT2D eigenvalue weighted by atomic mass is 28.4. The molecule has 0 unspecified atom stereocenters. The fourth-order valence-electron chi connectivity index (χ4n) is 2.63. The van der Waals surface area contributed by atoms with E-state index in [2.05, 4.69) is 13.3 Å². The smallest absolute Gasteiger partial charge is 0.377 e. The van der Waals surface area contributed by atoms with E-state index in [-0.39, 0.29) is 0 Å². The zero-order chi connectivity index (χ0) is 31.2. The molecule has 0 fully saturated rings. The van der Waals surface area contributed by atoms with E-state index in [0.29, 0.717) is 0 Å². The number of hydrogen-bond donors (Lipinski definition) is 0. The van der Waals surface area contributed by atoms with E-state index in [1.165, 1.54) is 0 Å². The molecular weight excluding hydrogens is 617 g/mol. The number of alkyl halides is 19. The second-order valence-electron chi connectivity index (χ2n) is 7.37. The predicted octanol–water partition coefficient (Wildman–Crippen LogP) is 7.29. The Morgan fingerprint density at radius 3 is 0.947 bits per heavy atom. The lowest BCUT2D eigenvalue weighted by Crippen LogP contribution is -2.75. The Morgan fingerprint density at radius 2 is 0.684 bits per heavy atom. The summed E-state index contributed by atoms with van der Waals surface area (Å²) in [5.74, 6) is -66.5. The molecule has 0 amide bonds. The number of halogens is 19. The molecule has 0 radical (unpaired) electrons. The minimum atomic E-state index is -8.93. The van der Waals surface area contributed by atoms with Crippen LogP contribution in [0.4, 0.5) is 83.4 Å². The van der Waals surface area contributed by atoms with Crippen molar-refractivity contribution >= 4 is 8.80 Å². The topological polar surface area (TPSA) is 27.7 Å². The molecule has 0 aromatic rings. The van der Waals surface area contributed by atoms with Crippen LogP contribution in [0.2, 0.25) is 6.04 Å². The van der Waals surface area contributed by atoms with E-state index in [4.69, 9.17) is 0 Å². The van der Waals surface area contributed by atoms with Crippen LogP contribution in [0.1, 0.15) is 12.8 Å². The summed E-state index contributed by atoms with van der Waals surface area (Å²) in [7, 11) is -1.49. The molecule has 23 heteroatoms. The standard InChI is InChI=1S/C15H15F19O3Si/c1-35-38(36-2,37-3)6-4-5-7(16,17)8(18,19)9(20,21)10(22,23)11(24,25)12(26,27)13(28,29)14(30,31)15(32,33)34/h4-6H2,1-3H3. The van der Waals surface area contributed by atoms with Gasteiger partial charge in [0.15, 0.2) is 0 Å². The van der Waals surface area contributed by atoms with Crippen molar-refractivity contribution in [3.05, 3.63) is 0 Å². The average Bonchev–Trinajstić information content (AvgIpc) is 2.75. The number of rotatable bonds is 14. The van der Waals surface area contributed by atoms with Crippen molar-refractivity contribution in [1.29, 1.82) is 0 Å². The third-order valence-electron chi connectivity index (χ3n) is 5.09. The summed E-state index contributed by atoms with van der Waals surface area (Å²) in [5.41, 5.74) is 0. The highest BCUT2D eigenvalue weighted by molar-refractivity contribution is 6.60. The van der Waals surface area contributed by atoms with Gasteiger partial charge in [-0.1, -0.05) is 0 Å². The molecule has 0 aromatic heterocycles. The van der Waals surface area contributed by atoms with Gasteiger partial charge < -0.3 is 13.3 Å². The molecule has 38 heavy (non-hydrogen) atoms. The Hall–Kier alpha value is -1.23. The lowest BCUT2D eigenvalue weighted by atomic mass is 9.86. The van der Waals surface area contributed by atoms with Crippen LogP contribution in [0, 0.1) is 0 Å². The number of hydrogen-bond acceptors (Lipinski definition) is 3. The maximum absolute atomic E-state index is 13.9. The molecular formula is C15H15F19O3Si. The molecule has 0 atom stereocenters. The average molecular weight is 632 g/mol. The Balaban J connectivity index is 6.57. The summed E-state index contributed by atoms with van der Waals surface area (Å²) in [4.78, 5) is 0. The molecule has 0 N–H and O–H groups in total. The van der Waals surface area contributed by atoms with Crippen molar-refractivity contribution in [3.63, 3.8) is 0 Å². The summed E-state index contributed by atoms with van der Waals surface area (Å²) in [6.45, 7) is 0. The summed E-state index contributed by atoms with van der Waals surface area (Å²) in [6, 6.07) is -0.961. The Labute approximate surface area is 200 Å². The lowest BCUT2D eigenvalue weighted by molar-refractivity contribution is -0.468. The molecule has 3 nitrogen and oxygen atoms in total. The van der Waals surface area contributed by atoms with Gasteiger partial charge >= 0.3 is 62.4 Å². The largest absolute Gasteiger partial charge is 0.500 e. The Bertz CT molecular complexity index is 797. The van der Waals surface area contributed by atoms with Gasteiger partial charge in [0.05, 0.1) is 0 Å². The van der Waals surface area contributed by atoms with Crippen LogP contribution < -0.4 is 0 Å². The zero-order valence-corrected chi connectivity index (χ0v) is 19.5. The van der Waals surface area contributed by atoms with Crippen molar-refractivity contribution in [2.45, 2.75) is 72.4 Å². The normalized spacial score (nSPS) is 16.3. The van der Waals surface area contributed by atoms with E-state index in [0.717, 1.165) is 21.3 Å². The van der Waals surface area contributed by atoms with E-state index >= 15 is 0 Å². The molecule has 0 aliphatic carbocycles. The van der Waals surface area contributed by atoms with Crippen LogP contribution in [-0.4, -0.2) is 83.7 Å². The van der Waals surface area contributed by atoms with Crippen molar-refractivity contribution < 1.29 is 96.7 Å². The third kappa shape index (κ3) is 5.15. The minimum absolute atomic E-state index is 0.820. The van der Waals surface area contributed by atoms with Crippen molar-refractivity contribution in [1.82, 2.24) is 0 Å². The van der Waals surface area contributed by atoms with E-state index in [1.54, 1.807) is 0 Å². The van der Waals surface area contributed by atoms with Crippen molar-refractivity contribution in [3.8, 4) is 0 Å². The monoisotopic (exact) mass is 632 g/mol. The maximum atomic E-state index is 13.9. The van der Waals surface area contributed by atoms with Gasteiger partial charge in [0, 0.05) is 33.8 Å². The van der Waals surface area contributed by atoms with Gasteiger partial charge in [0.2, 0.25) is 0 Å². The van der Waals surface area contributed by atoms with Crippen LogP contribution in [0.15, 0.2) is 0 Å². The fourth-order valence-corrected chi connectivity index (χ4v) is 4.36. The SMILES string of the molecule is CO[Si](CCCC(F)(F)C(F)(F)C(F)(F)C(F)(F)C(F)(F)C(F)(F)C(F)(F)C(F)(F)C(F)(F)F)(OC)OC. The quantitative estimate of drug-likeness (QED) is 0.149. The first-order valence-corrected chi connectivity index (χ1v) is 11.1. The van der Waals surface area contributed by atoms with Gasteiger partial charge in [-0.05, 0) is 6.42 Å². The molecule has 0 saturated heterocycles. The summed E-state index contributed by atoms with van der Waals surface area (Å²) in [6.07, 6.45) is -12.0. The van der Waals surface area contributed by atoms with Gasteiger partial charge in [0.25, 0.3) is 0 Å². The summed E-state index contributed by atoms with van der Waals surface area (Å²) < 4.78 is 266. The van der Waals surface area contributed by atoms with Crippen LogP contribution in [-0.2, 0) is 13.3 Å². The Kier molecular flexibility index (Phi) is 9.97. The van der Waals surface area contributed by atoms with Crippen molar-refractivity contribution in [2.24, 2.45) is 0 Å². The van der Waals surface area contributed by atoms with Crippen molar-refractivity contribution in [2.75, 3.05) is 21.3 Å². The van der Waals surface area contributed by atoms with E-state index in [1.807, 2.05) is 0 Å². The van der Waals surface area contributed by atoms with Gasteiger partial charge in [-0.3, -0.25) is 0 Å². The van der Waals surface area contributed by atoms with Gasteiger partial charge in [-0.15, -0.1) is 0 Å². The first-order chi connectivity index (χ1) is 16.4. The van der Waals surface area contributed by atoms with Crippen LogP contribution >= 0.6 is 0 Å². The molecule has 0 spiro atoms. The maximum Gasteiger partial charge on any atom is 0.500 e. The first kappa shape index (κ1) is 36.8. The molecule has 0 aromatic carbocycles. The third-order valence-corrected chi connectivity index (χ3v) is 7.92. The van der Waals surface area contributed by atoms with Gasteiger partial charge in [-0.2, -0.15) is 83.4 Å². The summed E-state index contributed by atoms with van der Waals surface area (Å²) >= 11 is 0. The summed E-state index contributed by atoms with van der Waals surface area (Å²) in [5, 5.41) is 0. The predicted molar refractivity (Wildman–Crippen MR) is 86.5 cm³/mol. The highest BCUT2D eigenvalue weighted by Gasteiger charge is 2.96. The van der Waals surface area contributed by atoms with Crippen LogP contribution in [0.5, 0.6) is 0 Å². The molecule has 0 aliphatic heterocycles. The Morgan fingerprint density at radius 1 is 0.421 bits per heavy atom. The highest BCUT2D eigenvalue weighted by Crippen LogP contribution is 2.65. The zero-order valence-electron chi connectivity index (χ0n) is 18.5. The molecule has 0 saturated carbocycles. The van der Waals surface area contributed by atoms with E-state index in [9.17, 15) is 83.4 Å². The molecule has 0 heterocycles. The second-order valence-corrected chi connectivity index (χ2v) is 10.5. The first-order valence-electron chi connectivity index (χ1n) is 9.13. The fraction of sp³-hybridized carbons (Fsp3) is 1.00. The van der Waals surface area contributed by atoms with Crippen LogP contribution in [0.25, 0.3) is 0 Å². The lowest BCUT2D eigenvalue weighted by Gasteiger charge is -2.43. The van der Waals surface area contributed by atoms with Gasteiger partial charge in [0.1, 0.15) is 0 Å². The molecule has 0 rings (SSSR count). The van der Waals surface area contributed by atoms with E-state index < -0.39 is 81.2 Å². The minimum Gasteiger partial charge on any atom is -0.377 e. The molecule has 0 aliphatic rings. The van der Waals surface area contributed by atoms with Crippen LogP contribution in [0.3, 0.4) is 0 Å². The van der Waals surface area contributed by atoms with Gasteiger partial charge in [-0.25, -0.2) is 0 Å². The second kappa shape index (κ2) is 10.3. The molecule has 230 valence electrons. The molecule has 0 bridgehead atoms.